The van der Waals surface area contributed by atoms with E-state index in [2.05, 4.69) is 10.3 Å². The first kappa shape index (κ1) is 28.4. The molecule has 208 valence electrons. The third kappa shape index (κ3) is 7.51. The van der Waals surface area contributed by atoms with Gasteiger partial charge in [-0.3, -0.25) is 4.79 Å². The van der Waals surface area contributed by atoms with E-state index in [0.29, 0.717) is 42.5 Å². The van der Waals surface area contributed by atoms with Crippen LogP contribution in [0.2, 0.25) is 5.02 Å². The second-order valence-corrected chi connectivity index (χ2v) is 11.2. The highest BCUT2D eigenvalue weighted by molar-refractivity contribution is 6.31. The lowest BCUT2D eigenvalue weighted by atomic mass is 9.92. The number of amides is 2. The molecule has 1 aromatic heterocycles. The molecule has 2 aromatic rings. The highest BCUT2D eigenvalue weighted by atomic mass is 35.5. The molecular weight excluding hydrogens is 525 g/mol. The Balaban J connectivity index is 1.25. The minimum atomic E-state index is -0.577. The Kier molecular flexibility index (Phi) is 8.80. The maximum absolute atomic E-state index is 15.0. The van der Waals surface area contributed by atoms with Crippen LogP contribution in [0.5, 0.6) is 5.75 Å². The van der Waals surface area contributed by atoms with Gasteiger partial charge in [0.25, 0.3) is 5.91 Å². The van der Waals surface area contributed by atoms with Gasteiger partial charge >= 0.3 is 6.09 Å². The van der Waals surface area contributed by atoms with Crippen LogP contribution in [0, 0.1) is 17.1 Å². The van der Waals surface area contributed by atoms with E-state index in [1.807, 2.05) is 26.8 Å². The van der Waals surface area contributed by atoms with Crippen molar-refractivity contribution in [3.8, 4) is 11.8 Å². The fraction of sp³-hybridized carbons (Fsp3) is 0.500. The zero-order valence-electron chi connectivity index (χ0n) is 22.4. The Hall–Kier alpha value is -3.58. The maximum atomic E-state index is 15.0. The lowest BCUT2D eigenvalue weighted by molar-refractivity contribution is 0.0240. The first-order valence-corrected chi connectivity index (χ1v) is 13.5. The van der Waals surface area contributed by atoms with Crippen LogP contribution in [-0.4, -0.2) is 65.8 Å². The Morgan fingerprint density at radius 2 is 1.82 bits per heavy atom. The van der Waals surface area contributed by atoms with E-state index in [4.69, 9.17) is 26.3 Å². The number of nitriles is 1. The summed E-state index contributed by atoms with van der Waals surface area (Å²) in [7, 11) is 0. The van der Waals surface area contributed by atoms with Crippen LogP contribution < -0.4 is 15.0 Å². The topological polar surface area (TPSA) is 108 Å². The van der Waals surface area contributed by atoms with E-state index < -0.39 is 11.4 Å². The van der Waals surface area contributed by atoms with E-state index in [9.17, 15) is 14.0 Å². The van der Waals surface area contributed by atoms with E-state index in [0.717, 1.165) is 25.7 Å². The standard InChI is InChI=1S/C28H33ClFN5O4/c1-28(2,3)39-27(37)35-12-10-34(11-13-35)25-24(30)14-19(17-32-25)26(36)33-20-5-8-21(9-6-20)38-22-7-4-18(16-31)23(29)15-22/h4,7,14-15,17,20-21H,5-6,8-13H2,1-3H3,(H,33,36)/t20-,21-. The maximum Gasteiger partial charge on any atom is 0.410 e. The molecule has 1 aliphatic heterocycles. The summed E-state index contributed by atoms with van der Waals surface area (Å²) in [6.45, 7) is 7.05. The van der Waals surface area contributed by atoms with Crippen LogP contribution in [0.1, 0.15) is 62.4 Å². The number of rotatable bonds is 5. The zero-order chi connectivity index (χ0) is 28.2. The molecule has 1 aromatic carbocycles. The number of carbonyl (C=O) groups excluding carboxylic acids is 2. The summed E-state index contributed by atoms with van der Waals surface area (Å²) in [5.41, 5.74) is -0.0174. The molecule has 0 radical (unpaired) electrons. The summed E-state index contributed by atoms with van der Waals surface area (Å²) in [5.74, 6) is -0.173. The first-order chi connectivity index (χ1) is 18.5. The van der Waals surface area contributed by atoms with Gasteiger partial charge in [0.05, 0.1) is 22.3 Å². The van der Waals surface area contributed by atoms with Crippen molar-refractivity contribution in [3.63, 3.8) is 0 Å². The quantitative estimate of drug-likeness (QED) is 0.555. The molecule has 9 nitrogen and oxygen atoms in total. The number of carbonyl (C=O) groups is 2. The minimum Gasteiger partial charge on any atom is -0.490 e. The number of hydrogen-bond donors (Lipinski definition) is 1. The van der Waals surface area contributed by atoms with Gasteiger partial charge < -0.3 is 24.6 Å². The fourth-order valence-electron chi connectivity index (χ4n) is 4.66. The molecule has 0 atom stereocenters. The summed E-state index contributed by atoms with van der Waals surface area (Å²) in [6.07, 6.45) is 3.90. The number of nitrogens with zero attached hydrogens (tertiary/aromatic N) is 4. The predicted octanol–water partition coefficient (Wildman–Crippen LogP) is 4.92. The van der Waals surface area contributed by atoms with Gasteiger partial charge in [-0.15, -0.1) is 0 Å². The monoisotopic (exact) mass is 557 g/mol. The number of piperazine rings is 1. The SMILES string of the molecule is CC(C)(C)OC(=O)N1CCN(c2ncc(C(=O)N[C@H]3CC[C@H](Oc4ccc(C#N)c(Cl)c4)CC3)cc2F)CC1. The summed E-state index contributed by atoms with van der Waals surface area (Å²) >= 11 is 6.08. The number of anilines is 1. The van der Waals surface area contributed by atoms with E-state index in [-0.39, 0.29) is 35.5 Å². The molecule has 1 aliphatic carbocycles. The molecule has 0 spiro atoms. The molecule has 39 heavy (non-hydrogen) atoms. The average Bonchev–Trinajstić information content (AvgIpc) is 2.89. The largest absolute Gasteiger partial charge is 0.490 e. The lowest BCUT2D eigenvalue weighted by Crippen LogP contribution is -2.50. The highest BCUT2D eigenvalue weighted by Gasteiger charge is 2.28. The van der Waals surface area contributed by atoms with Crippen LogP contribution in [0.3, 0.4) is 0 Å². The van der Waals surface area contributed by atoms with Gasteiger partial charge in [-0.05, 0) is 64.7 Å². The van der Waals surface area contributed by atoms with Gasteiger partial charge in [-0.2, -0.15) is 5.26 Å². The summed E-state index contributed by atoms with van der Waals surface area (Å²) in [6, 6.07) is 8.18. The van der Waals surface area contributed by atoms with Crippen molar-refractivity contribution >= 4 is 29.4 Å². The van der Waals surface area contributed by atoms with Crippen LogP contribution >= 0.6 is 11.6 Å². The molecular formula is C28H33ClFN5O4. The predicted molar refractivity (Wildman–Crippen MR) is 145 cm³/mol. The van der Waals surface area contributed by atoms with Gasteiger partial charge in [0.1, 0.15) is 17.4 Å². The van der Waals surface area contributed by atoms with E-state index in [1.165, 1.54) is 12.3 Å². The van der Waals surface area contributed by atoms with Crippen molar-refractivity contribution in [2.45, 2.75) is 64.2 Å². The number of nitrogens with one attached hydrogen (secondary N) is 1. The van der Waals surface area contributed by atoms with Crippen LogP contribution in [-0.2, 0) is 4.74 Å². The van der Waals surface area contributed by atoms with Gasteiger partial charge in [0, 0.05) is 44.5 Å². The smallest absolute Gasteiger partial charge is 0.410 e. The van der Waals surface area contributed by atoms with Crippen molar-refractivity contribution in [1.82, 2.24) is 15.2 Å². The molecule has 1 N–H and O–H groups in total. The van der Waals surface area contributed by atoms with Crippen LogP contribution in [0.15, 0.2) is 30.5 Å². The number of aromatic nitrogens is 1. The zero-order valence-corrected chi connectivity index (χ0v) is 23.1. The Bertz CT molecular complexity index is 1250. The molecule has 0 unspecified atom stereocenters. The van der Waals surface area contributed by atoms with Crippen molar-refractivity contribution in [3.05, 3.63) is 52.4 Å². The Labute approximate surface area is 232 Å². The van der Waals surface area contributed by atoms with E-state index in [1.54, 1.807) is 28.0 Å². The van der Waals surface area contributed by atoms with Crippen LogP contribution in [0.4, 0.5) is 15.0 Å². The van der Waals surface area contributed by atoms with Crippen molar-refractivity contribution in [1.29, 1.82) is 5.26 Å². The second-order valence-electron chi connectivity index (χ2n) is 10.8. The van der Waals surface area contributed by atoms with Crippen LogP contribution in [0.25, 0.3) is 0 Å². The number of benzene rings is 1. The molecule has 2 amide bonds. The number of ether oxygens (including phenoxy) is 2. The molecule has 2 aliphatic rings. The summed E-state index contributed by atoms with van der Waals surface area (Å²) < 4.78 is 26.4. The van der Waals surface area contributed by atoms with Gasteiger partial charge in [0.15, 0.2) is 11.6 Å². The lowest BCUT2D eigenvalue weighted by Gasteiger charge is -2.36. The third-order valence-electron chi connectivity index (χ3n) is 6.69. The summed E-state index contributed by atoms with van der Waals surface area (Å²) in [5, 5.41) is 12.3. The highest BCUT2D eigenvalue weighted by Crippen LogP contribution is 2.28. The normalized spacial score (nSPS) is 19.7. The number of halogens is 2. The van der Waals surface area contributed by atoms with Crippen molar-refractivity contribution in [2.24, 2.45) is 0 Å². The number of hydrogen-bond acceptors (Lipinski definition) is 7. The first-order valence-electron chi connectivity index (χ1n) is 13.1. The minimum absolute atomic E-state index is 0.0173. The number of pyridine rings is 1. The van der Waals surface area contributed by atoms with Gasteiger partial charge in [-0.25, -0.2) is 14.2 Å². The molecule has 1 saturated heterocycles. The Morgan fingerprint density at radius 1 is 1.13 bits per heavy atom. The molecule has 11 heteroatoms. The van der Waals surface area contributed by atoms with Gasteiger partial charge in [-0.1, -0.05) is 11.6 Å². The fourth-order valence-corrected chi connectivity index (χ4v) is 4.87. The Morgan fingerprint density at radius 3 is 2.41 bits per heavy atom. The molecule has 2 fully saturated rings. The summed E-state index contributed by atoms with van der Waals surface area (Å²) in [4.78, 5) is 32.7. The van der Waals surface area contributed by atoms with Gasteiger partial charge in [0.2, 0.25) is 0 Å². The van der Waals surface area contributed by atoms with E-state index >= 15 is 0 Å². The van der Waals surface area contributed by atoms with Crippen molar-refractivity contribution < 1.29 is 23.5 Å². The molecule has 0 bridgehead atoms. The third-order valence-corrected chi connectivity index (χ3v) is 7.00. The van der Waals surface area contributed by atoms with Crippen molar-refractivity contribution in [2.75, 3.05) is 31.1 Å². The molecule has 4 rings (SSSR count). The molecule has 1 saturated carbocycles. The second kappa shape index (κ2) is 12.1. The molecule has 2 heterocycles. The average molecular weight is 558 g/mol.